The number of nitrogens with one attached hydrogen (secondary N) is 1. The summed E-state index contributed by atoms with van der Waals surface area (Å²) in [7, 11) is 0. The fraction of sp³-hybridized carbons (Fsp3) is 0.483. The van der Waals surface area contributed by atoms with Gasteiger partial charge in [-0.3, -0.25) is 19.9 Å². The van der Waals surface area contributed by atoms with Crippen molar-refractivity contribution in [2.24, 2.45) is 0 Å². The van der Waals surface area contributed by atoms with E-state index in [4.69, 9.17) is 26.1 Å². The highest BCUT2D eigenvalue weighted by molar-refractivity contribution is 6.35. The maximum Gasteiger partial charge on any atom is 0.573 e. The van der Waals surface area contributed by atoms with Gasteiger partial charge in [0.15, 0.2) is 0 Å². The van der Waals surface area contributed by atoms with Crippen molar-refractivity contribution >= 4 is 45.4 Å². The third kappa shape index (κ3) is 8.39. The Morgan fingerprint density at radius 1 is 1.02 bits per heavy atom. The minimum absolute atomic E-state index is 0.0787. The van der Waals surface area contributed by atoms with Crippen molar-refractivity contribution in [2.45, 2.75) is 12.8 Å². The average Bonchev–Trinajstić information content (AvgIpc) is 3.00. The highest BCUT2D eigenvalue weighted by atomic mass is 35.5. The molecule has 15 heteroatoms. The number of nitrogens with zero attached hydrogens (tertiary/aromatic N) is 5. The molecule has 0 amide bonds. The van der Waals surface area contributed by atoms with Gasteiger partial charge >= 0.3 is 6.36 Å². The number of alkyl halides is 3. The lowest BCUT2D eigenvalue weighted by molar-refractivity contribution is -0.384. The lowest BCUT2D eigenvalue weighted by Gasteiger charge is -2.31. The van der Waals surface area contributed by atoms with E-state index in [0.29, 0.717) is 55.7 Å². The van der Waals surface area contributed by atoms with Gasteiger partial charge in [0.1, 0.15) is 17.3 Å². The molecule has 2 saturated heterocycles. The number of ether oxygens (including phenoxy) is 3. The summed E-state index contributed by atoms with van der Waals surface area (Å²) >= 11 is 6.60. The van der Waals surface area contributed by atoms with Gasteiger partial charge in [0.25, 0.3) is 5.69 Å². The average molecular weight is 639 g/mol. The van der Waals surface area contributed by atoms with Crippen LogP contribution in [0, 0.1) is 10.1 Å². The normalized spacial score (nSPS) is 16.6. The molecule has 0 aliphatic carbocycles. The number of hydrogen-bond donors (Lipinski definition) is 1. The smallest absolute Gasteiger partial charge is 0.406 e. The van der Waals surface area contributed by atoms with Crippen LogP contribution in [0.2, 0.25) is 5.02 Å². The molecule has 2 fully saturated rings. The number of halogens is 4. The molecule has 3 aromatic rings. The molecule has 0 saturated carbocycles. The molecule has 2 aliphatic rings. The highest BCUT2D eigenvalue weighted by Crippen LogP contribution is 2.39. The van der Waals surface area contributed by atoms with Crippen molar-refractivity contribution in [2.75, 3.05) is 89.0 Å². The molecule has 238 valence electrons. The first-order valence-electron chi connectivity index (χ1n) is 14.4. The lowest BCUT2D eigenvalue weighted by atomic mass is 10.1. The molecule has 3 heterocycles. The minimum Gasteiger partial charge on any atom is -0.406 e. The summed E-state index contributed by atoms with van der Waals surface area (Å²) in [6, 6.07) is 10.3. The van der Waals surface area contributed by atoms with Crippen molar-refractivity contribution in [3.05, 3.63) is 57.6 Å². The Morgan fingerprint density at radius 2 is 1.70 bits per heavy atom. The largest absolute Gasteiger partial charge is 0.573 e. The topological polar surface area (TPSA) is 105 Å². The van der Waals surface area contributed by atoms with Crippen molar-refractivity contribution in [1.29, 1.82) is 0 Å². The SMILES string of the molecule is O=[N+]([O-])c1cc(OC(F)(F)F)ccc1N(CCN1CCOCC1)c1cc(NCCCN2CCOCC2)c2cccc(Cl)c2n1. The van der Waals surface area contributed by atoms with E-state index in [1.165, 1.54) is 6.07 Å². The molecule has 0 atom stereocenters. The molecule has 11 nitrogen and oxygen atoms in total. The summed E-state index contributed by atoms with van der Waals surface area (Å²) in [6.07, 6.45) is -4.13. The van der Waals surface area contributed by atoms with Crippen LogP contribution in [0.5, 0.6) is 5.75 Å². The molecule has 0 radical (unpaired) electrons. The number of pyridine rings is 1. The molecular formula is C29H34ClF3N6O5. The Morgan fingerprint density at radius 3 is 2.36 bits per heavy atom. The van der Waals surface area contributed by atoms with Crippen LogP contribution in [-0.4, -0.2) is 105 Å². The first-order chi connectivity index (χ1) is 21.2. The molecule has 1 aromatic heterocycles. The zero-order chi connectivity index (χ0) is 31.1. The number of morpholine rings is 2. The Balaban J connectivity index is 1.50. The molecular weight excluding hydrogens is 605 g/mol. The van der Waals surface area contributed by atoms with Gasteiger partial charge in [0.05, 0.1) is 48.0 Å². The van der Waals surface area contributed by atoms with Crippen LogP contribution in [0.1, 0.15) is 6.42 Å². The standard InChI is InChI=1S/C29H34ClF3N6O5/c30-23-4-1-3-22-24(34-7-2-8-36-11-15-42-16-12-36)20-27(35-28(22)23)38(10-9-37-13-17-43-18-14-37)25-6-5-21(44-29(31,32)33)19-26(25)39(40)41/h1,3-6,19-20H,2,7-18H2,(H,34,35). The van der Waals surface area contributed by atoms with Gasteiger partial charge in [-0.05, 0) is 31.2 Å². The Bertz CT molecular complexity index is 1440. The molecule has 0 bridgehead atoms. The fourth-order valence-corrected chi connectivity index (χ4v) is 5.55. The highest BCUT2D eigenvalue weighted by Gasteiger charge is 2.33. The van der Waals surface area contributed by atoms with Crippen molar-refractivity contribution in [1.82, 2.24) is 14.8 Å². The van der Waals surface area contributed by atoms with Gasteiger partial charge in [0.2, 0.25) is 0 Å². The second-order valence-electron chi connectivity index (χ2n) is 10.5. The number of aromatic nitrogens is 1. The Labute approximate surface area is 257 Å². The first-order valence-corrected chi connectivity index (χ1v) is 14.8. The summed E-state index contributed by atoms with van der Waals surface area (Å²) in [5.74, 6) is -0.319. The van der Waals surface area contributed by atoms with Gasteiger partial charge in [0, 0.05) is 63.0 Å². The summed E-state index contributed by atoms with van der Waals surface area (Å²) < 4.78 is 53.7. The van der Waals surface area contributed by atoms with E-state index in [2.05, 4.69) is 19.9 Å². The zero-order valence-electron chi connectivity index (χ0n) is 24.0. The van der Waals surface area contributed by atoms with Gasteiger partial charge in [-0.15, -0.1) is 13.2 Å². The van der Waals surface area contributed by atoms with E-state index < -0.39 is 22.7 Å². The number of anilines is 3. The van der Waals surface area contributed by atoms with Crippen LogP contribution in [0.4, 0.5) is 36.1 Å². The number of benzene rings is 2. The quantitative estimate of drug-likeness (QED) is 0.160. The Kier molecular flexibility index (Phi) is 10.6. The summed E-state index contributed by atoms with van der Waals surface area (Å²) in [6.45, 7) is 8.03. The predicted molar refractivity (Wildman–Crippen MR) is 161 cm³/mol. The number of hydrogen-bond acceptors (Lipinski definition) is 10. The van der Waals surface area contributed by atoms with Crippen LogP contribution in [0.25, 0.3) is 10.9 Å². The van der Waals surface area contributed by atoms with Gasteiger partial charge in [-0.1, -0.05) is 23.7 Å². The maximum absolute atomic E-state index is 12.9. The van der Waals surface area contributed by atoms with Gasteiger partial charge in [-0.25, -0.2) is 4.98 Å². The zero-order valence-corrected chi connectivity index (χ0v) is 24.8. The summed E-state index contributed by atoms with van der Waals surface area (Å²) in [4.78, 5) is 22.4. The van der Waals surface area contributed by atoms with E-state index in [9.17, 15) is 23.3 Å². The molecule has 0 spiro atoms. The maximum atomic E-state index is 12.9. The number of nitro groups is 1. The van der Waals surface area contributed by atoms with Crippen molar-refractivity contribution < 1.29 is 32.3 Å². The molecule has 0 unspecified atom stereocenters. The number of fused-ring (bicyclic) bond motifs is 1. The van der Waals surface area contributed by atoms with Crippen molar-refractivity contribution in [3.8, 4) is 5.75 Å². The van der Waals surface area contributed by atoms with E-state index >= 15 is 0 Å². The number of nitro benzene ring substituents is 1. The summed E-state index contributed by atoms with van der Waals surface area (Å²) in [5, 5.41) is 16.8. The lowest BCUT2D eigenvalue weighted by Crippen LogP contribution is -2.40. The molecule has 2 aliphatic heterocycles. The van der Waals surface area contributed by atoms with Crippen LogP contribution < -0.4 is 15.0 Å². The van der Waals surface area contributed by atoms with E-state index in [1.54, 1.807) is 17.0 Å². The minimum atomic E-state index is -5.00. The predicted octanol–water partition coefficient (Wildman–Crippen LogP) is 5.30. The first kappa shape index (κ1) is 32.0. The fourth-order valence-electron chi connectivity index (χ4n) is 5.33. The monoisotopic (exact) mass is 638 g/mol. The van der Waals surface area contributed by atoms with Crippen LogP contribution in [0.3, 0.4) is 0 Å². The van der Waals surface area contributed by atoms with Crippen LogP contribution >= 0.6 is 11.6 Å². The van der Waals surface area contributed by atoms with Crippen LogP contribution in [0.15, 0.2) is 42.5 Å². The summed E-state index contributed by atoms with van der Waals surface area (Å²) in [5.41, 5.74) is 0.772. The van der Waals surface area contributed by atoms with Gasteiger partial charge < -0.3 is 24.4 Å². The Hall–Kier alpha value is -3.43. The second-order valence-corrected chi connectivity index (χ2v) is 10.9. The molecule has 44 heavy (non-hydrogen) atoms. The van der Waals surface area contributed by atoms with Crippen molar-refractivity contribution in [3.63, 3.8) is 0 Å². The van der Waals surface area contributed by atoms with E-state index in [0.717, 1.165) is 62.5 Å². The van der Waals surface area contributed by atoms with E-state index in [-0.39, 0.29) is 12.2 Å². The van der Waals surface area contributed by atoms with Crippen LogP contribution in [-0.2, 0) is 9.47 Å². The second kappa shape index (κ2) is 14.6. The number of para-hydroxylation sites is 1. The molecule has 5 rings (SSSR count). The molecule has 1 N–H and O–H groups in total. The third-order valence-corrected chi connectivity index (χ3v) is 7.84. The number of rotatable bonds is 12. The van der Waals surface area contributed by atoms with Gasteiger partial charge in [-0.2, -0.15) is 0 Å². The van der Waals surface area contributed by atoms with E-state index in [1.807, 2.05) is 12.1 Å². The molecule has 2 aromatic carbocycles. The third-order valence-electron chi connectivity index (χ3n) is 7.54.